The smallest absolute Gasteiger partial charge is 0.119 e. The van der Waals surface area contributed by atoms with Gasteiger partial charge in [-0.25, -0.2) is 15.0 Å². The minimum atomic E-state index is 0.833. The molecule has 0 aliphatic carbocycles. The van der Waals surface area contributed by atoms with E-state index in [1.807, 2.05) is 13.8 Å². The highest BCUT2D eigenvalue weighted by Crippen LogP contribution is 1.81. The number of rotatable bonds is 0. The van der Waals surface area contributed by atoms with E-state index in [4.69, 9.17) is 0 Å². The standard InChI is InChI=1S/C4H10.C3H3N3.C2H6/c1-4(2)3;1-4-2-6-3-5-1;1-2/h4H,1-3H3;1-3H;1-2H3. The summed E-state index contributed by atoms with van der Waals surface area (Å²) < 4.78 is 0. The lowest BCUT2D eigenvalue weighted by molar-refractivity contribution is 0.737. The van der Waals surface area contributed by atoms with Gasteiger partial charge in [-0.3, -0.25) is 0 Å². The summed E-state index contributed by atoms with van der Waals surface area (Å²) >= 11 is 0. The van der Waals surface area contributed by atoms with Crippen LogP contribution in [0.5, 0.6) is 0 Å². The molecular weight excluding hydrogens is 150 g/mol. The second kappa shape index (κ2) is 12.7. The Hall–Kier alpha value is -0.990. The molecule has 3 nitrogen and oxygen atoms in total. The molecule has 70 valence electrons. The third kappa shape index (κ3) is 23.0. The van der Waals surface area contributed by atoms with Crippen LogP contribution in [-0.2, 0) is 0 Å². The first-order valence-electron chi connectivity index (χ1n) is 4.28. The van der Waals surface area contributed by atoms with E-state index in [1.54, 1.807) is 0 Å². The highest BCUT2D eigenvalue weighted by atomic mass is 14.9. The predicted octanol–water partition coefficient (Wildman–Crippen LogP) is 2.56. The summed E-state index contributed by atoms with van der Waals surface area (Å²) in [6.45, 7) is 10.5. The summed E-state index contributed by atoms with van der Waals surface area (Å²) in [5.41, 5.74) is 0. The maximum absolute atomic E-state index is 3.56. The zero-order chi connectivity index (χ0) is 9.82. The van der Waals surface area contributed by atoms with Gasteiger partial charge in [0.15, 0.2) is 0 Å². The molecule has 0 aliphatic rings. The highest BCUT2D eigenvalue weighted by molar-refractivity contribution is 4.51. The highest BCUT2D eigenvalue weighted by Gasteiger charge is 1.68. The molecule has 0 aromatic carbocycles. The van der Waals surface area contributed by atoms with Gasteiger partial charge in [0.1, 0.15) is 19.0 Å². The zero-order valence-electron chi connectivity index (χ0n) is 8.65. The molecule has 0 fully saturated rings. The largest absolute Gasteiger partial charge is 0.225 e. The summed E-state index contributed by atoms with van der Waals surface area (Å²) in [4.78, 5) is 10.7. The van der Waals surface area contributed by atoms with Gasteiger partial charge >= 0.3 is 0 Å². The van der Waals surface area contributed by atoms with Gasteiger partial charge in [-0.05, 0) is 5.92 Å². The minimum Gasteiger partial charge on any atom is -0.225 e. The van der Waals surface area contributed by atoms with Crippen molar-refractivity contribution in [3.05, 3.63) is 19.0 Å². The van der Waals surface area contributed by atoms with Crippen molar-refractivity contribution in [3.8, 4) is 0 Å². The number of aromatic nitrogens is 3. The molecule has 1 aromatic rings. The van der Waals surface area contributed by atoms with Gasteiger partial charge in [0.25, 0.3) is 0 Å². The van der Waals surface area contributed by atoms with E-state index >= 15 is 0 Å². The molecule has 0 amide bonds. The van der Waals surface area contributed by atoms with E-state index in [0.29, 0.717) is 0 Å². The van der Waals surface area contributed by atoms with Gasteiger partial charge in [-0.1, -0.05) is 34.6 Å². The summed E-state index contributed by atoms with van der Waals surface area (Å²) in [7, 11) is 0. The summed E-state index contributed by atoms with van der Waals surface area (Å²) in [6, 6.07) is 0. The molecule has 0 unspecified atom stereocenters. The summed E-state index contributed by atoms with van der Waals surface area (Å²) in [5, 5.41) is 0. The van der Waals surface area contributed by atoms with Crippen molar-refractivity contribution in [1.82, 2.24) is 15.0 Å². The van der Waals surface area contributed by atoms with Crippen LogP contribution in [0.3, 0.4) is 0 Å². The van der Waals surface area contributed by atoms with Crippen LogP contribution in [0.25, 0.3) is 0 Å². The van der Waals surface area contributed by atoms with Crippen LogP contribution in [0.4, 0.5) is 0 Å². The van der Waals surface area contributed by atoms with Crippen molar-refractivity contribution in [3.63, 3.8) is 0 Å². The lowest BCUT2D eigenvalue weighted by Crippen LogP contribution is -1.73. The Morgan fingerprint density at radius 1 is 0.750 bits per heavy atom. The van der Waals surface area contributed by atoms with Gasteiger partial charge in [0.2, 0.25) is 0 Å². The second-order valence-corrected chi connectivity index (χ2v) is 2.53. The first kappa shape index (κ1) is 13.6. The van der Waals surface area contributed by atoms with E-state index < -0.39 is 0 Å². The van der Waals surface area contributed by atoms with Gasteiger partial charge in [-0.2, -0.15) is 0 Å². The fraction of sp³-hybridized carbons (Fsp3) is 0.667. The summed E-state index contributed by atoms with van der Waals surface area (Å²) in [6.07, 6.45) is 4.31. The molecule has 0 atom stereocenters. The Bertz CT molecular complexity index is 110. The molecule has 0 bridgehead atoms. The van der Waals surface area contributed by atoms with Crippen molar-refractivity contribution >= 4 is 0 Å². The Kier molecular flexibility index (Phi) is 14.3. The molecule has 12 heavy (non-hydrogen) atoms. The molecule has 0 N–H and O–H groups in total. The van der Waals surface area contributed by atoms with Gasteiger partial charge in [0, 0.05) is 0 Å². The van der Waals surface area contributed by atoms with Crippen molar-refractivity contribution in [2.75, 3.05) is 0 Å². The maximum atomic E-state index is 3.56. The van der Waals surface area contributed by atoms with E-state index in [9.17, 15) is 0 Å². The van der Waals surface area contributed by atoms with Crippen LogP contribution >= 0.6 is 0 Å². The Morgan fingerprint density at radius 3 is 1.00 bits per heavy atom. The first-order valence-corrected chi connectivity index (χ1v) is 4.28. The summed E-state index contributed by atoms with van der Waals surface area (Å²) in [5.74, 6) is 0.833. The third-order valence-electron chi connectivity index (χ3n) is 0.400. The Balaban J connectivity index is 0. The van der Waals surface area contributed by atoms with Crippen LogP contribution in [0.2, 0.25) is 0 Å². The SMILES string of the molecule is CC.CC(C)C.c1ncncn1. The lowest BCUT2D eigenvalue weighted by atomic mass is 10.3. The van der Waals surface area contributed by atoms with Crippen LogP contribution in [0.15, 0.2) is 19.0 Å². The Morgan fingerprint density at radius 2 is 0.917 bits per heavy atom. The molecule has 0 radical (unpaired) electrons. The molecule has 1 rings (SSSR count). The third-order valence-corrected chi connectivity index (χ3v) is 0.400. The average Bonchev–Trinajstić information content (AvgIpc) is 2.10. The van der Waals surface area contributed by atoms with Gasteiger partial charge < -0.3 is 0 Å². The fourth-order valence-corrected chi connectivity index (χ4v) is 0.205. The zero-order valence-corrected chi connectivity index (χ0v) is 8.65. The van der Waals surface area contributed by atoms with Gasteiger partial charge in [-0.15, -0.1) is 0 Å². The van der Waals surface area contributed by atoms with E-state index in [1.165, 1.54) is 19.0 Å². The maximum Gasteiger partial charge on any atom is 0.119 e. The van der Waals surface area contributed by atoms with E-state index in [0.717, 1.165) is 5.92 Å². The second-order valence-electron chi connectivity index (χ2n) is 2.53. The molecule has 1 heterocycles. The van der Waals surface area contributed by atoms with Crippen LogP contribution in [-0.4, -0.2) is 15.0 Å². The molecule has 0 saturated heterocycles. The quantitative estimate of drug-likeness (QED) is 0.599. The normalized spacial score (nSPS) is 7.50. The molecule has 0 aliphatic heterocycles. The minimum absolute atomic E-state index is 0.833. The van der Waals surface area contributed by atoms with E-state index in [2.05, 4.69) is 35.7 Å². The van der Waals surface area contributed by atoms with Gasteiger partial charge in [0.05, 0.1) is 0 Å². The van der Waals surface area contributed by atoms with Crippen molar-refractivity contribution in [2.45, 2.75) is 34.6 Å². The first-order chi connectivity index (χ1) is 5.73. The number of nitrogens with zero attached hydrogens (tertiary/aromatic N) is 3. The lowest BCUT2D eigenvalue weighted by Gasteiger charge is -1.79. The van der Waals surface area contributed by atoms with Crippen molar-refractivity contribution in [1.29, 1.82) is 0 Å². The molecule has 3 heteroatoms. The molecular formula is C9H19N3. The topological polar surface area (TPSA) is 38.7 Å². The van der Waals surface area contributed by atoms with Crippen molar-refractivity contribution < 1.29 is 0 Å². The number of hydrogen-bond acceptors (Lipinski definition) is 3. The van der Waals surface area contributed by atoms with Crippen LogP contribution in [0, 0.1) is 5.92 Å². The van der Waals surface area contributed by atoms with E-state index in [-0.39, 0.29) is 0 Å². The monoisotopic (exact) mass is 169 g/mol. The fourth-order valence-electron chi connectivity index (χ4n) is 0.205. The molecule has 1 aromatic heterocycles. The predicted molar refractivity (Wildman–Crippen MR) is 51.7 cm³/mol. The number of hydrogen-bond donors (Lipinski definition) is 0. The molecule has 0 spiro atoms. The van der Waals surface area contributed by atoms with Crippen LogP contribution in [0.1, 0.15) is 34.6 Å². The average molecular weight is 169 g/mol. The van der Waals surface area contributed by atoms with Crippen LogP contribution < -0.4 is 0 Å². The Labute approximate surface area is 75.3 Å². The van der Waals surface area contributed by atoms with Crippen molar-refractivity contribution in [2.24, 2.45) is 5.92 Å². The molecule has 0 saturated carbocycles.